The Morgan fingerprint density at radius 2 is 1.94 bits per heavy atom. The van der Waals surface area contributed by atoms with E-state index in [-0.39, 0.29) is 17.9 Å². The van der Waals surface area contributed by atoms with Gasteiger partial charge in [-0.15, -0.1) is 11.3 Å². The van der Waals surface area contributed by atoms with Crippen molar-refractivity contribution in [3.63, 3.8) is 0 Å². The van der Waals surface area contributed by atoms with Crippen LogP contribution in [0.3, 0.4) is 0 Å². The lowest BCUT2D eigenvalue weighted by Gasteiger charge is -2.13. The highest BCUT2D eigenvalue weighted by Crippen LogP contribution is 2.35. The van der Waals surface area contributed by atoms with E-state index in [0.717, 1.165) is 29.1 Å². The number of nitrogens with zero attached hydrogens (tertiary/aromatic N) is 2. The van der Waals surface area contributed by atoms with Gasteiger partial charge >= 0.3 is 6.18 Å². The summed E-state index contributed by atoms with van der Waals surface area (Å²) in [6, 6.07) is 10.5. The van der Waals surface area contributed by atoms with Crippen molar-refractivity contribution in [2.24, 2.45) is 0 Å². The fourth-order valence-electron chi connectivity index (χ4n) is 3.33. The molecule has 0 saturated heterocycles. The monoisotopic (exact) mass is 475 g/mol. The lowest BCUT2D eigenvalue weighted by Crippen LogP contribution is -2.16. The highest BCUT2D eigenvalue weighted by atomic mass is 32.1. The van der Waals surface area contributed by atoms with E-state index in [1.54, 1.807) is 9.78 Å². The first-order valence-corrected chi connectivity index (χ1v) is 10.9. The van der Waals surface area contributed by atoms with E-state index in [9.17, 15) is 18.0 Å². The van der Waals surface area contributed by atoms with Crippen molar-refractivity contribution in [1.82, 2.24) is 9.38 Å². The van der Waals surface area contributed by atoms with Gasteiger partial charge in [0.15, 0.2) is 4.96 Å². The molecule has 10 heteroatoms. The normalized spacial score (nSPS) is 11.5. The van der Waals surface area contributed by atoms with E-state index in [0.29, 0.717) is 17.3 Å². The van der Waals surface area contributed by atoms with Crippen LogP contribution in [0.15, 0.2) is 54.0 Å². The smallest absolute Gasteiger partial charge is 0.416 e. The van der Waals surface area contributed by atoms with Crippen molar-refractivity contribution < 1.29 is 27.4 Å². The molecule has 0 spiro atoms. The molecule has 0 fully saturated rings. The Balaban J connectivity index is 1.53. The molecule has 2 aromatic heterocycles. The van der Waals surface area contributed by atoms with Gasteiger partial charge in [-0.25, -0.2) is 4.98 Å². The third kappa shape index (κ3) is 4.95. The second kappa shape index (κ2) is 9.14. The number of nitrogens with one attached hydrogen (secondary N) is 1. The number of alkyl halides is 3. The standard InChI is InChI=1S/C23H20F3N3O3S/c1-3-32-17-7-4-14(5-8-17)19-12-29-16(13-33-22(29)28-19)11-21(30)27-18-10-15(23(24,25)26)6-9-20(18)31-2/h4-10,12-13H,3,11H2,1-2H3,(H,27,30). The van der Waals surface area contributed by atoms with Crippen molar-refractivity contribution >= 4 is 27.9 Å². The maximum atomic E-state index is 13.1. The van der Waals surface area contributed by atoms with Gasteiger partial charge < -0.3 is 14.8 Å². The molecule has 0 aliphatic carbocycles. The molecule has 4 aromatic rings. The number of fused-ring (bicyclic) bond motifs is 1. The molecule has 0 aliphatic heterocycles. The van der Waals surface area contributed by atoms with Crippen LogP contribution in [0, 0.1) is 0 Å². The van der Waals surface area contributed by atoms with Crippen LogP contribution in [0.5, 0.6) is 11.5 Å². The highest BCUT2D eigenvalue weighted by molar-refractivity contribution is 7.15. The predicted octanol–water partition coefficient (Wildman–Crippen LogP) is 5.67. The Bertz CT molecular complexity index is 1280. The highest BCUT2D eigenvalue weighted by Gasteiger charge is 2.31. The molecule has 6 nitrogen and oxygen atoms in total. The molecule has 0 atom stereocenters. The largest absolute Gasteiger partial charge is 0.495 e. The Morgan fingerprint density at radius 1 is 1.18 bits per heavy atom. The van der Waals surface area contributed by atoms with Crippen LogP contribution in [0.1, 0.15) is 18.2 Å². The zero-order chi connectivity index (χ0) is 23.6. The number of imidazole rings is 1. The Kier molecular flexibility index (Phi) is 6.28. The number of anilines is 1. The molecule has 0 radical (unpaired) electrons. The summed E-state index contributed by atoms with van der Waals surface area (Å²) >= 11 is 1.38. The zero-order valence-electron chi connectivity index (χ0n) is 17.8. The quantitative estimate of drug-likeness (QED) is 0.374. The van der Waals surface area contributed by atoms with Crippen LogP contribution in [0.25, 0.3) is 16.2 Å². The summed E-state index contributed by atoms with van der Waals surface area (Å²) in [5.41, 5.74) is 1.41. The molecule has 0 unspecified atom stereocenters. The molecule has 0 bridgehead atoms. The molecule has 4 rings (SSSR count). The number of hydrogen-bond acceptors (Lipinski definition) is 5. The maximum absolute atomic E-state index is 13.1. The van der Waals surface area contributed by atoms with Crippen LogP contribution in [0.4, 0.5) is 18.9 Å². The first-order chi connectivity index (χ1) is 15.8. The molecule has 1 amide bonds. The molecule has 0 saturated carbocycles. The summed E-state index contributed by atoms with van der Waals surface area (Å²) in [6.07, 6.45) is -2.74. The van der Waals surface area contributed by atoms with Crippen LogP contribution in [-0.4, -0.2) is 29.0 Å². The Labute approximate surface area is 191 Å². The van der Waals surface area contributed by atoms with Crippen molar-refractivity contribution in [2.45, 2.75) is 19.5 Å². The number of halogens is 3. The van der Waals surface area contributed by atoms with Gasteiger partial charge in [0.2, 0.25) is 5.91 Å². The van der Waals surface area contributed by atoms with E-state index >= 15 is 0 Å². The number of rotatable bonds is 7. The van der Waals surface area contributed by atoms with E-state index in [2.05, 4.69) is 10.3 Å². The van der Waals surface area contributed by atoms with Gasteiger partial charge in [-0.05, 0) is 49.4 Å². The van der Waals surface area contributed by atoms with Gasteiger partial charge in [0.1, 0.15) is 11.5 Å². The van der Waals surface area contributed by atoms with E-state index < -0.39 is 17.6 Å². The predicted molar refractivity (Wildman–Crippen MR) is 120 cm³/mol. The van der Waals surface area contributed by atoms with E-state index in [1.807, 2.05) is 37.4 Å². The molecule has 33 heavy (non-hydrogen) atoms. The first kappa shape index (κ1) is 22.7. The lowest BCUT2D eigenvalue weighted by atomic mass is 10.1. The average Bonchev–Trinajstić information content (AvgIpc) is 3.36. The van der Waals surface area contributed by atoms with E-state index in [1.165, 1.54) is 24.5 Å². The summed E-state index contributed by atoms with van der Waals surface area (Å²) < 4.78 is 51.5. The van der Waals surface area contributed by atoms with Gasteiger partial charge in [-0.2, -0.15) is 13.2 Å². The van der Waals surface area contributed by atoms with Crippen LogP contribution < -0.4 is 14.8 Å². The number of carbonyl (C=O) groups is 1. The first-order valence-electron chi connectivity index (χ1n) is 10.0. The third-order valence-electron chi connectivity index (χ3n) is 4.89. The molecular weight excluding hydrogens is 455 g/mol. The number of ether oxygens (including phenoxy) is 2. The number of methoxy groups -OCH3 is 1. The van der Waals surface area contributed by atoms with Crippen LogP contribution in [-0.2, 0) is 17.4 Å². The van der Waals surface area contributed by atoms with Gasteiger partial charge in [0.05, 0.1) is 37.1 Å². The van der Waals surface area contributed by atoms with Gasteiger partial charge in [0.25, 0.3) is 0 Å². The van der Waals surface area contributed by atoms with Crippen LogP contribution >= 0.6 is 11.3 Å². The van der Waals surface area contributed by atoms with Crippen molar-refractivity contribution in [3.05, 3.63) is 65.3 Å². The van der Waals surface area contributed by atoms with Crippen molar-refractivity contribution in [3.8, 4) is 22.8 Å². The minimum absolute atomic E-state index is 0.0375. The number of carbonyl (C=O) groups excluding carboxylic acids is 1. The van der Waals surface area contributed by atoms with E-state index in [4.69, 9.17) is 9.47 Å². The summed E-state index contributed by atoms with van der Waals surface area (Å²) in [4.78, 5) is 17.9. The molecule has 0 aliphatic rings. The number of thiazole rings is 1. The van der Waals surface area contributed by atoms with Gasteiger partial charge in [0, 0.05) is 22.8 Å². The second-order valence-corrected chi connectivity index (χ2v) is 7.94. The van der Waals surface area contributed by atoms with Gasteiger partial charge in [-0.1, -0.05) is 0 Å². The summed E-state index contributed by atoms with van der Waals surface area (Å²) in [6.45, 7) is 2.50. The number of amides is 1. The molecule has 2 aromatic carbocycles. The number of benzene rings is 2. The fraction of sp³-hybridized carbons (Fsp3) is 0.217. The molecule has 172 valence electrons. The Hall–Kier alpha value is -3.53. The SMILES string of the molecule is CCOc1ccc(-c2cn3c(CC(=O)Nc4cc(C(F)(F)F)ccc4OC)csc3n2)cc1. The summed E-state index contributed by atoms with van der Waals surface area (Å²) in [5.74, 6) is 0.445. The topological polar surface area (TPSA) is 64.9 Å². The molecule has 1 N–H and O–H groups in total. The fourth-order valence-corrected chi connectivity index (χ4v) is 4.20. The van der Waals surface area contributed by atoms with Gasteiger partial charge in [-0.3, -0.25) is 9.20 Å². The van der Waals surface area contributed by atoms with Crippen LogP contribution in [0.2, 0.25) is 0 Å². The third-order valence-corrected chi connectivity index (χ3v) is 5.78. The molecule has 2 heterocycles. The van der Waals surface area contributed by atoms with Crippen molar-refractivity contribution in [2.75, 3.05) is 19.0 Å². The second-order valence-electron chi connectivity index (χ2n) is 7.10. The lowest BCUT2D eigenvalue weighted by molar-refractivity contribution is -0.137. The average molecular weight is 475 g/mol. The molecular formula is C23H20F3N3O3S. The summed E-state index contributed by atoms with van der Waals surface area (Å²) in [7, 11) is 1.33. The van der Waals surface area contributed by atoms with Crippen molar-refractivity contribution in [1.29, 1.82) is 0 Å². The number of hydrogen-bond donors (Lipinski definition) is 1. The zero-order valence-corrected chi connectivity index (χ0v) is 18.6. The minimum atomic E-state index is -4.53. The Morgan fingerprint density at radius 3 is 2.61 bits per heavy atom. The summed E-state index contributed by atoms with van der Waals surface area (Å²) in [5, 5.41) is 4.33. The minimum Gasteiger partial charge on any atom is -0.495 e. The maximum Gasteiger partial charge on any atom is 0.416 e. The number of aromatic nitrogens is 2.